The SMILES string of the molecule is CCNC(=NCCNC(=O)C1CC1)NCCOc1ccccc1.I. The maximum absolute atomic E-state index is 11.5. The maximum atomic E-state index is 11.5. The number of halogens is 1. The van der Waals surface area contributed by atoms with E-state index in [1.807, 2.05) is 37.3 Å². The van der Waals surface area contributed by atoms with Crippen molar-refractivity contribution in [2.45, 2.75) is 19.8 Å². The molecule has 0 radical (unpaired) electrons. The zero-order valence-electron chi connectivity index (χ0n) is 14.1. The monoisotopic (exact) mass is 446 g/mol. The number of carbonyl (C=O) groups is 1. The van der Waals surface area contributed by atoms with Crippen LogP contribution in [0.25, 0.3) is 0 Å². The van der Waals surface area contributed by atoms with E-state index in [4.69, 9.17) is 4.74 Å². The predicted molar refractivity (Wildman–Crippen MR) is 107 cm³/mol. The molecule has 24 heavy (non-hydrogen) atoms. The van der Waals surface area contributed by atoms with E-state index >= 15 is 0 Å². The van der Waals surface area contributed by atoms with Crippen LogP contribution in [0.5, 0.6) is 5.75 Å². The normalized spacial score (nSPS) is 13.6. The number of nitrogens with zero attached hydrogens (tertiary/aromatic N) is 1. The van der Waals surface area contributed by atoms with E-state index in [-0.39, 0.29) is 35.8 Å². The zero-order valence-corrected chi connectivity index (χ0v) is 16.4. The number of ether oxygens (including phenoxy) is 1. The Kier molecular flexibility index (Phi) is 10.2. The Morgan fingerprint density at radius 1 is 1.17 bits per heavy atom. The van der Waals surface area contributed by atoms with Gasteiger partial charge in [0.15, 0.2) is 5.96 Å². The van der Waals surface area contributed by atoms with Crippen molar-refractivity contribution >= 4 is 35.8 Å². The molecule has 1 amide bonds. The van der Waals surface area contributed by atoms with Crippen molar-refractivity contribution < 1.29 is 9.53 Å². The van der Waals surface area contributed by atoms with E-state index < -0.39 is 0 Å². The highest BCUT2D eigenvalue weighted by Gasteiger charge is 2.28. The average molecular weight is 446 g/mol. The Morgan fingerprint density at radius 2 is 1.92 bits per heavy atom. The topological polar surface area (TPSA) is 74.8 Å². The van der Waals surface area contributed by atoms with Crippen molar-refractivity contribution in [3.05, 3.63) is 30.3 Å². The van der Waals surface area contributed by atoms with Crippen molar-refractivity contribution in [1.29, 1.82) is 0 Å². The van der Waals surface area contributed by atoms with Crippen molar-refractivity contribution in [1.82, 2.24) is 16.0 Å². The Morgan fingerprint density at radius 3 is 2.58 bits per heavy atom. The van der Waals surface area contributed by atoms with Gasteiger partial charge in [0.25, 0.3) is 0 Å². The number of guanidine groups is 1. The molecule has 2 rings (SSSR count). The summed E-state index contributed by atoms with van der Waals surface area (Å²) in [5.41, 5.74) is 0. The largest absolute Gasteiger partial charge is 0.492 e. The lowest BCUT2D eigenvalue weighted by Crippen LogP contribution is -2.40. The van der Waals surface area contributed by atoms with Gasteiger partial charge >= 0.3 is 0 Å². The standard InChI is InChI=1S/C17H26N4O2.HI/c1-2-18-17(20-11-10-19-16(22)14-8-9-14)21-12-13-23-15-6-4-3-5-7-15;/h3-7,14H,2,8-13H2,1H3,(H,19,22)(H2,18,20,21);1H. The van der Waals surface area contributed by atoms with Crippen molar-refractivity contribution in [3.63, 3.8) is 0 Å². The number of benzene rings is 1. The second kappa shape index (κ2) is 11.9. The van der Waals surface area contributed by atoms with Gasteiger partial charge in [-0.2, -0.15) is 0 Å². The first-order valence-corrected chi connectivity index (χ1v) is 8.27. The van der Waals surface area contributed by atoms with Gasteiger partial charge in [0.1, 0.15) is 12.4 Å². The number of hydrogen-bond acceptors (Lipinski definition) is 3. The number of carbonyl (C=O) groups excluding carboxylic acids is 1. The molecule has 6 nitrogen and oxygen atoms in total. The fourth-order valence-corrected chi connectivity index (χ4v) is 2.03. The van der Waals surface area contributed by atoms with Gasteiger partial charge < -0.3 is 20.7 Å². The van der Waals surface area contributed by atoms with Crippen LogP contribution in [-0.4, -0.2) is 44.7 Å². The van der Waals surface area contributed by atoms with E-state index in [0.29, 0.717) is 26.2 Å². The molecule has 134 valence electrons. The fraction of sp³-hybridized carbons (Fsp3) is 0.529. The summed E-state index contributed by atoms with van der Waals surface area (Å²) in [7, 11) is 0. The zero-order chi connectivity index (χ0) is 16.3. The summed E-state index contributed by atoms with van der Waals surface area (Å²) in [5.74, 6) is 2.01. The summed E-state index contributed by atoms with van der Waals surface area (Å²) in [6.07, 6.45) is 2.06. The summed E-state index contributed by atoms with van der Waals surface area (Å²) in [5, 5.41) is 9.30. The molecule has 3 N–H and O–H groups in total. The Labute approximate surface area is 160 Å². The van der Waals surface area contributed by atoms with E-state index in [0.717, 1.165) is 31.1 Å². The van der Waals surface area contributed by atoms with Crippen molar-refractivity contribution in [2.75, 3.05) is 32.8 Å². The molecule has 0 unspecified atom stereocenters. The molecule has 1 aliphatic carbocycles. The molecule has 1 aliphatic rings. The first-order chi connectivity index (χ1) is 11.3. The van der Waals surface area contributed by atoms with Gasteiger partial charge in [-0.3, -0.25) is 9.79 Å². The van der Waals surface area contributed by atoms with Crippen molar-refractivity contribution in [3.8, 4) is 5.75 Å². The minimum Gasteiger partial charge on any atom is -0.492 e. The maximum Gasteiger partial charge on any atom is 0.223 e. The number of rotatable bonds is 9. The van der Waals surface area contributed by atoms with Crippen LogP contribution in [0.3, 0.4) is 0 Å². The second-order valence-corrected chi connectivity index (χ2v) is 5.41. The smallest absolute Gasteiger partial charge is 0.223 e. The number of para-hydroxylation sites is 1. The van der Waals surface area contributed by atoms with Crippen LogP contribution in [0.4, 0.5) is 0 Å². The van der Waals surface area contributed by atoms with Crippen LogP contribution in [0.1, 0.15) is 19.8 Å². The molecule has 0 heterocycles. The number of aliphatic imine (C=N–C) groups is 1. The first kappa shape index (κ1) is 20.5. The van der Waals surface area contributed by atoms with Crippen LogP contribution in [0, 0.1) is 5.92 Å². The average Bonchev–Trinajstić information content (AvgIpc) is 3.41. The third-order valence-electron chi connectivity index (χ3n) is 3.38. The number of amides is 1. The summed E-state index contributed by atoms with van der Waals surface area (Å²) in [6, 6.07) is 9.72. The predicted octanol–water partition coefficient (Wildman–Crippen LogP) is 1.76. The lowest BCUT2D eigenvalue weighted by Gasteiger charge is -2.12. The van der Waals surface area contributed by atoms with Crippen LogP contribution in [0.15, 0.2) is 35.3 Å². The highest BCUT2D eigenvalue weighted by Crippen LogP contribution is 2.28. The molecule has 0 saturated heterocycles. The van der Waals surface area contributed by atoms with Gasteiger partial charge in [-0.05, 0) is 31.9 Å². The number of nitrogens with one attached hydrogen (secondary N) is 3. The molecular weight excluding hydrogens is 419 g/mol. The fourth-order valence-electron chi connectivity index (χ4n) is 2.03. The van der Waals surface area contributed by atoms with Crippen LogP contribution < -0.4 is 20.7 Å². The summed E-state index contributed by atoms with van der Waals surface area (Å²) >= 11 is 0. The molecule has 0 atom stereocenters. The van der Waals surface area contributed by atoms with E-state index in [9.17, 15) is 4.79 Å². The van der Waals surface area contributed by atoms with Gasteiger partial charge in [0, 0.05) is 19.0 Å². The summed E-state index contributed by atoms with van der Waals surface area (Å²) in [6.45, 7) is 5.17. The van der Waals surface area contributed by atoms with Gasteiger partial charge in [0.2, 0.25) is 5.91 Å². The van der Waals surface area contributed by atoms with E-state index in [1.165, 1.54) is 0 Å². The third-order valence-corrected chi connectivity index (χ3v) is 3.38. The van der Waals surface area contributed by atoms with Gasteiger partial charge in [-0.25, -0.2) is 0 Å². The molecule has 1 saturated carbocycles. The summed E-state index contributed by atoms with van der Waals surface area (Å²) < 4.78 is 5.62. The highest BCUT2D eigenvalue weighted by atomic mass is 127. The minimum absolute atomic E-state index is 0. The molecule has 1 aromatic rings. The third kappa shape index (κ3) is 8.37. The highest BCUT2D eigenvalue weighted by molar-refractivity contribution is 14.0. The molecule has 0 spiro atoms. The van der Waals surface area contributed by atoms with Crippen LogP contribution in [0.2, 0.25) is 0 Å². The Hall–Kier alpha value is -1.51. The molecule has 0 aliphatic heterocycles. The van der Waals surface area contributed by atoms with Crippen molar-refractivity contribution in [2.24, 2.45) is 10.9 Å². The van der Waals surface area contributed by atoms with Gasteiger partial charge in [0.05, 0.1) is 13.1 Å². The van der Waals surface area contributed by atoms with Gasteiger partial charge in [-0.1, -0.05) is 18.2 Å². The first-order valence-electron chi connectivity index (χ1n) is 8.27. The van der Waals surface area contributed by atoms with Gasteiger partial charge in [-0.15, -0.1) is 24.0 Å². The lowest BCUT2D eigenvalue weighted by atomic mass is 10.3. The lowest BCUT2D eigenvalue weighted by molar-refractivity contribution is -0.122. The molecule has 0 bridgehead atoms. The molecular formula is C17H27IN4O2. The van der Waals surface area contributed by atoms with Crippen LogP contribution in [-0.2, 0) is 4.79 Å². The Bertz CT molecular complexity index is 507. The van der Waals surface area contributed by atoms with Crippen LogP contribution >= 0.6 is 24.0 Å². The molecule has 7 heteroatoms. The quantitative estimate of drug-likeness (QED) is 0.234. The van der Waals surface area contributed by atoms with E-state index in [1.54, 1.807) is 0 Å². The minimum atomic E-state index is 0. The molecule has 0 aromatic heterocycles. The van der Waals surface area contributed by atoms with E-state index in [2.05, 4.69) is 20.9 Å². The summed E-state index contributed by atoms with van der Waals surface area (Å²) in [4.78, 5) is 15.9. The Balaban J connectivity index is 0.00000288. The molecule has 1 fully saturated rings. The number of hydrogen-bond donors (Lipinski definition) is 3. The second-order valence-electron chi connectivity index (χ2n) is 5.41. The molecule has 1 aromatic carbocycles.